The number of nitrogens with one attached hydrogen (secondary N) is 1. The van der Waals surface area contributed by atoms with Crippen molar-refractivity contribution in [3.05, 3.63) is 64.5 Å². The summed E-state index contributed by atoms with van der Waals surface area (Å²) >= 11 is 0. The monoisotopic (exact) mass is 405 g/mol. The number of fused-ring (bicyclic) bond motifs is 1. The van der Waals surface area contributed by atoms with Crippen LogP contribution in [-0.4, -0.2) is 39.4 Å². The molecule has 2 aliphatic heterocycles. The molecule has 4 rings (SSSR count). The van der Waals surface area contributed by atoms with Gasteiger partial charge in [-0.2, -0.15) is 0 Å². The van der Waals surface area contributed by atoms with Gasteiger partial charge in [-0.15, -0.1) is 0 Å². The van der Waals surface area contributed by atoms with Crippen molar-refractivity contribution in [1.82, 2.24) is 15.2 Å². The van der Waals surface area contributed by atoms with Gasteiger partial charge in [-0.05, 0) is 54.7 Å². The normalized spacial score (nSPS) is 18.4. The third-order valence-corrected chi connectivity index (χ3v) is 5.63. The highest BCUT2D eigenvalue weighted by Gasteiger charge is 2.39. The number of hydrogen-bond donors (Lipinski definition) is 1. The second kappa shape index (κ2) is 8.18. The van der Waals surface area contributed by atoms with E-state index in [2.05, 4.69) is 10.3 Å². The number of imide groups is 1. The van der Waals surface area contributed by atoms with E-state index < -0.39 is 11.9 Å². The first-order valence-electron chi connectivity index (χ1n) is 10.1. The number of hydrogen-bond acceptors (Lipinski definition) is 5. The average molecular weight is 405 g/mol. The number of aryl methyl sites for hydroxylation is 2. The molecule has 30 heavy (non-hydrogen) atoms. The van der Waals surface area contributed by atoms with Gasteiger partial charge < -0.3 is 4.90 Å². The molecule has 7 nitrogen and oxygen atoms in total. The number of amides is 3. The quantitative estimate of drug-likeness (QED) is 0.741. The molecule has 3 amide bonds. The molecule has 7 heteroatoms. The summed E-state index contributed by atoms with van der Waals surface area (Å²) in [5.41, 5.74) is 4.28. The van der Waals surface area contributed by atoms with Gasteiger partial charge in [-0.25, -0.2) is 0 Å². The molecule has 1 saturated heterocycles. The zero-order valence-electron chi connectivity index (χ0n) is 16.8. The number of carbonyl (C=O) groups is 4. The zero-order chi connectivity index (χ0) is 21.3. The molecule has 1 N–H and O–H groups in total. The fourth-order valence-electron chi connectivity index (χ4n) is 4.05. The summed E-state index contributed by atoms with van der Waals surface area (Å²) in [5, 5.41) is 2.31. The number of piperidine rings is 1. The second-order valence-electron chi connectivity index (χ2n) is 7.93. The Morgan fingerprint density at radius 1 is 1.20 bits per heavy atom. The van der Waals surface area contributed by atoms with Gasteiger partial charge in [0.1, 0.15) is 11.8 Å². The molecule has 0 radical (unpaired) electrons. The summed E-state index contributed by atoms with van der Waals surface area (Å²) in [4.78, 5) is 54.3. The van der Waals surface area contributed by atoms with Crippen molar-refractivity contribution < 1.29 is 19.2 Å². The first kappa shape index (κ1) is 19.9. The maximum atomic E-state index is 12.7. The Balaban J connectivity index is 1.38. The number of benzene rings is 1. The highest BCUT2D eigenvalue weighted by atomic mass is 16.2. The average Bonchev–Trinajstić information content (AvgIpc) is 3.02. The van der Waals surface area contributed by atoms with Crippen molar-refractivity contribution in [3.8, 4) is 0 Å². The number of rotatable bonds is 6. The van der Waals surface area contributed by atoms with Crippen molar-refractivity contribution in [2.24, 2.45) is 0 Å². The number of Topliss-reactive ketones (excluding diaryl/α,β-unsaturated/α-hetero) is 1. The molecule has 1 aromatic heterocycles. The van der Waals surface area contributed by atoms with E-state index in [4.69, 9.17) is 0 Å². The van der Waals surface area contributed by atoms with Crippen LogP contribution >= 0.6 is 0 Å². The van der Waals surface area contributed by atoms with Crippen LogP contribution in [-0.2, 0) is 33.8 Å². The number of carbonyl (C=O) groups excluding carboxylic acids is 4. The summed E-state index contributed by atoms with van der Waals surface area (Å²) in [5.74, 6) is -0.779. The van der Waals surface area contributed by atoms with Gasteiger partial charge in [0.2, 0.25) is 11.8 Å². The molecule has 2 aromatic rings. The van der Waals surface area contributed by atoms with Crippen LogP contribution in [0.1, 0.15) is 52.0 Å². The lowest BCUT2D eigenvalue weighted by atomic mass is 10.0. The Hall–Kier alpha value is -3.35. The molecule has 1 unspecified atom stereocenters. The van der Waals surface area contributed by atoms with Crippen LogP contribution in [0.2, 0.25) is 0 Å². The zero-order valence-corrected chi connectivity index (χ0v) is 16.8. The van der Waals surface area contributed by atoms with E-state index in [0.29, 0.717) is 37.8 Å². The molecule has 0 bridgehead atoms. The maximum absolute atomic E-state index is 12.7. The van der Waals surface area contributed by atoms with Crippen LogP contribution in [0.4, 0.5) is 0 Å². The van der Waals surface area contributed by atoms with Crippen LogP contribution in [0.25, 0.3) is 0 Å². The summed E-state index contributed by atoms with van der Waals surface area (Å²) in [6.45, 7) is 2.31. The van der Waals surface area contributed by atoms with Crippen molar-refractivity contribution in [2.45, 2.75) is 51.6 Å². The Morgan fingerprint density at radius 3 is 2.80 bits per heavy atom. The van der Waals surface area contributed by atoms with Gasteiger partial charge in [-0.1, -0.05) is 12.1 Å². The van der Waals surface area contributed by atoms with Crippen LogP contribution in [0.5, 0.6) is 0 Å². The Morgan fingerprint density at radius 2 is 2.03 bits per heavy atom. The van der Waals surface area contributed by atoms with E-state index in [1.165, 1.54) is 4.90 Å². The van der Waals surface area contributed by atoms with Gasteiger partial charge in [0, 0.05) is 43.3 Å². The van der Waals surface area contributed by atoms with E-state index in [0.717, 1.165) is 22.4 Å². The fourth-order valence-corrected chi connectivity index (χ4v) is 4.05. The van der Waals surface area contributed by atoms with Gasteiger partial charge in [0.25, 0.3) is 5.91 Å². The minimum atomic E-state index is -0.616. The standard InChI is InChI=1S/C23H23N3O4/c1-14-8-9-24-17(10-14)12-18(27)4-2-15-3-5-19-16(11-15)13-26(23(19)30)20-6-7-21(28)25-22(20)29/h3,5,8-11,20H,2,4,6-7,12-13H2,1H3,(H,25,28,29). The van der Waals surface area contributed by atoms with Crippen molar-refractivity contribution in [3.63, 3.8) is 0 Å². The SMILES string of the molecule is Cc1ccnc(CC(=O)CCc2ccc3c(c2)CN(C2CCC(=O)NC2=O)C3=O)c1. The molecule has 1 atom stereocenters. The summed E-state index contributed by atoms with van der Waals surface area (Å²) in [6, 6.07) is 8.78. The van der Waals surface area contributed by atoms with Gasteiger partial charge >= 0.3 is 0 Å². The highest BCUT2D eigenvalue weighted by molar-refractivity contribution is 6.05. The maximum Gasteiger partial charge on any atom is 0.255 e. The van der Waals surface area contributed by atoms with Crippen molar-refractivity contribution in [2.75, 3.05) is 0 Å². The Bertz CT molecular complexity index is 1050. The van der Waals surface area contributed by atoms with Crippen LogP contribution in [0.3, 0.4) is 0 Å². The number of ketones is 1. The van der Waals surface area contributed by atoms with Crippen molar-refractivity contribution in [1.29, 1.82) is 0 Å². The lowest BCUT2D eigenvalue weighted by Gasteiger charge is -2.29. The number of aromatic nitrogens is 1. The van der Waals surface area contributed by atoms with Crippen LogP contribution in [0.15, 0.2) is 36.5 Å². The minimum absolute atomic E-state index is 0.120. The predicted molar refractivity (Wildman–Crippen MR) is 108 cm³/mol. The summed E-state index contributed by atoms with van der Waals surface area (Å²) in [6.07, 6.45) is 3.60. The molecule has 154 valence electrons. The van der Waals surface area contributed by atoms with Crippen molar-refractivity contribution >= 4 is 23.5 Å². The highest BCUT2D eigenvalue weighted by Crippen LogP contribution is 2.28. The molecule has 3 heterocycles. The second-order valence-corrected chi connectivity index (χ2v) is 7.93. The lowest BCUT2D eigenvalue weighted by molar-refractivity contribution is -0.137. The van der Waals surface area contributed by atoms with E-state index in [1.54, 1.807) is 12.3 Å². The fraction of sp³-hybridized carbons (Fsp3) is 0.348. The van der Waals surface area contributed by atoms with Gasteiger partial charge in [-0.3, -0.25) is 29.5 Å². The molecule has 2 aliphatic rings. The van der Waals surface area contributed by atoms with E-state index in [-0.39, 0.29) is 24.0 Å². The summed E-state index contributed by atoms with van der Waals surface area (Å²) in [7, 11) is 0. The van der Waals surface area contributed by atoms with E-state index >= 15 is 0 Å². The Labute approximate surface area is 174 Å². The summed E-state index contributed by atoms with van der Waals surface area (Å²) < 4.78 is 0. The van der Waals surface area contributed by atoms with Crippen LogP contribution < -0.4 is 5.32 Å². The number of nitrogens with zero attached hydrogens (tertiary/aromatic N) is 2. The first-order chi connectivity index (χ1) is 14.4. The predicted octanol–water partition coefficient (Wildman–Crippen LogP) is 1.90. The molecular formula is C23H23N3O4. The lowest BCUT2D eigenvalue weighted by Crippen LogP contribution is -2.52. The molecule has 1 fully saturated rings. The van der Waals surface area contributed by atoms with Gasteiger partial charge in [0.15, 0.2) is 0 Å². The smallest absolute Gasteiger partial charge is 0.255 e. The Kier molecular flexibility index (Phi) is 5.44. The van der Waals surface area contributed by atoms with Gasteiger partial charge in [0.05, 0.1) is 0 Å². The van der Waals surface area contributed by atoms with Crippen LogP contribution in [0, 0.1) is 6.92 Å². The molecule has 0 spiro atoms. The first-order valence-corrected chi connectivity index (χ1v) is 10.1. The number of pyridine rings is 1. The minimum Gasteiger partial charge on any atom is -0.322 e. The van der Waals surface area contributed by atoms with E-state index in [1.807, 2.05) is 31.2 Å². The molecule has 0 saturated carbocycles. The topological polar surface area (TPSA) is 96.4 Å². The molecule has 0 aliphatic carbocycles. The third kappa shape index (κ3) is 4.15. The molecule has 1 aromatic carbocycles. The largest absolute Gasteiger partial charge is 0.322 e. The molecular weight excluding hydrogens is 382 g/mol. The van der Waals surface area contributed by atoms with E-state index in [9.17, 15) is 19.2 Å². The third-order valence-electron chi connectivity index (χ3n) is 5.63.